The van der Waals surface area contributed by atoms with Crippen LogP contribution in [-0.2, 0) is 9.53 Å². The van der Waals surface area contributed by atoms with Gasteiger partial charge in [0.2, 0.25) is 0 Å². The Morgan fingerprint density at radius 2 is 2.00 bits per heavy atom. The van der Waals surface area contributed by atoms with Gasteiger partial charge in [-0.05, 0) is 32.1 Å². The maximum Gasteiger partial charge on any atom is 0.142 e. The predicted molar refractivity (Wildman–Crippen MR) is 55.5 cm³/mol. The van der Waals surface area contributed by atoms with Crippen molar-refractivity contribution in [1.82, 2.24) is 0 Å². The Morgan fingerprint density at radius 3 is 2.93 bits per heavy atom. The molecule has 82 valence electrons. The lowest BCUT2D eigenvalue weighted by molar-refractivity contribution is -0.134. The smallest absolute Gasteiger partial charge is 0.142 e. The molecule has 3 saturated carbocycles. The molecular weight excluding hydrogens is 188 g/mol. The number of carbonyl (C=O) groups excluding carboxylic acids is 1. The molecule has 1 aliphatic heterocycles. The van der Waals surface area contributed by atoms with Crippen molar-refractivity contribution in [3.63, 3.8) is 0 Å². The lowest BCUT2D eigenvalue weighted by Crippen LogP contribution is -2.50. The number of Topliss-reactive ketones (excluding diaryl/α,β-unsaturated/α-hetero) is 1. The molecular formula is C13H18O2. The molecule has 0 spiro atoms. The highest BCUT2D eigenvalue weighted by atomic mass is 16.6. The van der Waals surface area contributed by atoms with Crippen LogP contribution in [0.15, 0.2) is 0 Å². The maximum atomic E-state index is 12.2. The van der Waals surface area contributed by atoms with Gasteiger partial charge < -0.3 is 4.74 Å². The van der Waals surface area contributed by atoms with Gasteiger partial charge >= 0.3 is 0 Å². The minimum atomic E-state index is 0.0409. The van der Waals surface area contributed by atoms with Gasteiger partial charge in [-0.15, -0.1) is 0 Å². The van der Waals surface area contributed by atoms with Crippen molar-refractivity contribution in [2.75, 3.05) is 0 Å². The first kappa shape index (κ1) is 8.74. The second kappa shape index (κ2) is 2.48. The highest BCUT2D eigenvalue weighted by Crippen LogP contribution is 2.69. The van der Waals surface area contributed by atoms with Crippen molar-refractivity contribution in [1.29, 1.82) is 0 Å². The van der Waals surface area contributed by atoms with E-state index in [0.717, 1.165) is 25.7 Å². The van der Waals surface area contributed by atoms with Gasteiger partial charge in [0, 0.05) is 11.8 Å². The van der Waals surface area contributed by atoms with Crippen molar-refractivity contribution < 1.29 is 9.53 Å². The second-order valence-electron chi connectivity index (χ2n) is 5.98. The van der Waals surface area contributed by atoms with Crippen molar-refractivity contribution in [3.05, 3.63) is 0 Å². The van der Waals surface area contributed by atoms with Crippen LogP contribution >= 0.6 is 0 Å². The molecule has 0 radical (unpaired) electrons. The second-order valence-corrected chi connectivity index (χ2v) is 5.98. The van der Waals surface area contributed by atoms with Gasteiger partial charge in [0.25, 0.3) is 0 Å². The number of rotatable bonds is 0. The first-order valence-corrected chi connectivity index (χ1v) is 6.51. The van der Waals surface area contributed by atoms with Gasteiger partial charge in [-0.2, -0.15) is 0 Å². The third kappa shape index (κ3) is 0.848. The largest absolute Gasteiger partial charge is 0.362 e. The van der Waals surface area contributed by atoms with E-state index < -0.39 is 0 Å². The summed E-state index contributed by atoms with van der Waals surface area (Å²) in [6, 6.07) is 0. The number of carbonyl (C=O) groups is 1. The summed E-state index contributed by atoms with van der Waals surface area (Å²) in [6.45, 7) is 0. The Balaban J connectivity index is 1.77. The molecule has 0 amide bonds. The highest BCUT2D eigenvalue weighted by molar-refractivity contribution is 5.88. The number of ketones is 1. The molecule has 2 nitrogen and oxygen atoms in total. The lowest BCUT2D eigenvalue weighted by Gasteiger charge is -2.41. The molecule has 2 heteroatoms. The third-order valence-corrected chi connectivity index (χ3v) is 5.42. The molecule has 2 bridgehead atoms. The molecule has 0 aromatic rings. The van der Waals surface area contributed by atoms with E-state index >= 15 is 0 Å². The highest BCUT2D eigenvalue weighted by Gasteiger charge is 2.77. The zero-order valence-corrected chi connectivity index (χ0v) is 9.13. The maximum absolute atomic E-state index is 12.2. The molecule has 15 heavy (non-hydrogen) atoms. The quantitative estimate of drug-likeness (QED) is 0.570. The molecule has 0 aromatic carbocycles. The average Bonchev–Trinajstić information content (AvgIpc) is 2.88. The van der Waals surface area contributed by atoms with Gasteiger partial charge in [-0.1, -0.05) is 19.3 Å². The molecule has 4 fully saturated rings. The summed E-state index contributed by atoms with van der Waals surface area (Å²) in [5, 5.41) is 0. The standard InChI is InChI=1S/C13H18O2/c14-11-9-4-3-5-10(11)13-7-2-1-6-12(13,8-9)15-13/h9-10H,1-8H2/t9-,10-,12+,13-/m1/s1. The SMILES string of the molecule is O=C1[C@@H]2CCC[C@H]1[C@]13CCCC[C@@]1(C2)O3. The number of hydrogen-bond acceptors (Lipinski definition) is 2. The number of fused-ring (bicyclic) bond motifs is 2. The van der Waals surface area contributed by atoms with Gasteiger partial charge in [0.15, 0.2) is 0 Å². The van der Waals surface area contributed by atoms with Crippen LogP contribution in [0.25, 0.3) is 0 Å². The van der Waals surface area contributed by atoms with Crippen LogP contribution in [-0.4, -0.2) is 17.0 Å². The molecule has 4 rings (SSSR count). The Labute approximate surface area is 90.4 Å². The minimum Gasteiger partial charge on any atom is -0.362 e. The Morgan fingerprint density at radius 1 is 1.13 bits per heavy atom. The van der Waals surface area contributed by atoms with Gasteiger partial charge in [-0.25, -0.2) is 0 Å². The third-order valence-electron chi connectivity index (χ3n) is 5.42. The van der Waals surface area contributed by atoms with Crippen LogP contribution in [0.1, 0.15) is 51.4 Å². The number of epoxide rings is 1. The first-order chi connectivity index (χ1) is 7.28. The summed E-state index contributed by atoms with van der Waals surface area (Å²) in [7, 11) is 0. The van der Waals surface area contributed by atoms with E-state index in [-0.39, 0.29) is 17.1 Å². The number of ether oxygens (including phenoxy) is 1. The van der Waals surface area contributed by atoms with Crippen molar-refractivity contribution in [2.24, 2.45) is 11.8 Å². The molecule has 0 aromatic heterocycles. The van der Waals surface area contributed by atoms with Gasteiger partial charge in [-0.3, -0.25) is 4.79 Å². The minimum absolute atomic E-state index is 0.0409. The lowest BCUT2D eigenvalue weighted by atomic mass is 9.57. The molecule has 4 atom stereocenters. The van der Waals surface area contributed by atoms with Gasteiger partial charge in [0.05, 0.1) is 5.60 Å². The molecule has 1 saturated heterocycles. The van der Waals surface area contributed by atoms with Crippen molar-refractivity contribution in [3.8, 4) is 0 Å². The fourth-order valence-corrected chi connectivity index (χ4v) is 4.74. The summed E-state index contributed by atoms with van der Waals surface area (Å²) in [4.78, 5) is 12.2. The Bertz CT molecular complexity index is 337. The summed E-state index contributed by atoms with van der Waals surface area (Å²) in [5.41, 5.74) is 0.216. The topological polar surface area (TPSA) is 29.6 Å². The summed E-state index contributed by atoms with van der Waals surface area (Å²) >= 11 is 0. The van der Waals surface area contributed by atoms with Gasteiger partial charge in [0.1, 0.15) is 11.4 Å². The van der Waals surface area contributed by atoms with E-state index in [2.05, 4.69) is 0 Å². The molecule has 4 aliphatic rings. The van der Waals surface area contributed by atoms with Crippen LogP contribution in [0.5, 0.6) is 0 Å². The average molecular weight is 206 g/mol. The Hall–Kier alpha value is -0.370. The number of hydrogen-bond donors (Lipinski definition) is 0. The monoisotopic (exact) mass is 206 g/mol. The molecule has 3 aliphatic carbocycles. The van der Waals surface area contributed by atoms with E-state index in [1.165, 1.54) is 25.7 Å². The van der Waals surface area contributed by atoms with Crippen LogP contribution in [0, 0.1) is 11.8 Å². The Kier molecular flexibility index (Phi) is 1.44. The molecule has 1 heterocycles. The fourth-order valence-electron chi connectivity index (χ4n) is 4.74. The van der Waals surface area contributed by atoms with E-state index in [1.54, 1.807) is 0 Å². The van der Waals surface area contributed by atoms with Crippen molar-refractivity contribution in [2.45, 2.75) is 62.6 Å². The van der Waals surface area contributed by atoms with Crippen LogP contribution in [0.2, 0.25) is 0 Å². The van der Waals surface area contributed by atoms with E-state index in [4.69, 9.17) is 4.74 Å². The van der Waals surface area contributed by atoms with Crippen LogP contribution in [0.3, 0.4) is 0 Å². The molecule has 0 N–H and O–H groups in total. The fraction of sp³-hybridized carbons (Fsp3) is 0.923. The predicted octanol–water partition coefficient (Wildman–Crippen LogP) is 2.46. The molecule has 0 unspecified atom stereocenters. The van der Waals surface area contributed by atoms with Crippen LogP contribution in [0.4, 0.5) is 0 Å². The van der Waals surface area contributed by atoms with E-state index in [0.29, 0.717) is 11.7 Å². The normalized spacial score (nSPS) is 56.9. The zero-order chi connectivity index (χ0) is 10.1. The van der Waals surface area contributed by atoms with Crippen molar-refractivity contribution >= 4 is 5.78 Å². The zero-order valence-electron chi connectivity index (χ0n) is 9.13. The summed E-state index contributed by atoms with van der Waals surface area (Å²) < 4.78 is 6.18. The first-order valence-electron chi connectivity index (χ1n) is 6.51. The van der Waals surface area contributed by atoms with E-state index in [1.807, 2.05) is 0 Å². The van der Waals surface area contributed by atoms with Crippen LogP contribution < -0.4 is 0 Å². The van der Waals surface area contributed by atoms with E-state index in [9.17, 15) is 4.79 Å². The summed E-state index contributed by atoms with van der Waals surface area (Å²) in [5.74, 6) is 1.19. The summed E-state index contributed by atoms with van der Waals surface area (Å²) in [6.07, 6.45) is 9.53.